The molecule has 4 nitrogen and oxygen atoms in total. The van der Waals surface area contributed by atoms with Gasteiger partial charge in [-0.3, -0.25) is 0 Å². The molecule has 0 fully saturated rings. The maximum Gasteiger partial charge on any atom is 0.331 e. The van der Waals surface area contributed by atoms with E-state index in [0.717, 1.165) is 35.5 Å². The van der Waals surface area contributed by atoms with E-state index >= 15 is 0 Å². The van der Waals surface area contributed by atoms with Crippen molar-refractivity contribution in [1.29, 1.82) is 0 Å². The van der Waals surface area contributed by atoms with Gasteiger partial charge in [0.25, 0.3) is 0 Å². The van der Waals surface area contributed by atoms with E-state index in [1.54, 1.807) is 14.2 Å². The number of hydrogen-bond donors (Lipinski definition) is 1. The predicted octanol–water partition coefficient (Wildman–Crippen LogP) is 2.81. The molecule has 4 heteroatoms. The zero-order valence-electron chi connectivity index (χ0n) is 11.2. The normalized spacial score (nSPS) is 14.6. The van der Waals surface area contributed by atoms with Crippen molar-refractivity contribution in [3.8, 4) is 11.5 Å². The Kier molecular flexibility index (Phi) is 4.10. The Morgan fingerprint density at radius 1 is 1.16 bits per heavy atom. The van der Waals surface area contributed by atoms with E-state index in [-0.39, 0.29) is 0 Å². The van der Waals surface area contributed by atoms with Crippen LogP contribution in [0.2, 0.25) is 0 Å². The van der Waals surface area contributed by atoms with E-state index in [9.17, 15) is 4.79 Å². The summed E-state index contributed by atoms with van der Waals surface area (Å²) in [5, 5.41) is 9.16. The Morgan fingerprint density at radius 2 is 1.79 bits per heavy atom. The summed E-state index contributed by atoms with van der Waals surface area (Å²) in [6.07, 6.45) is 3.11. The minimum atomic E-state index is -0.789. The zero-order valence-corrected chi connectivity index (χ0v) is 11.2. The van der Waals surface area contributed by atoms with Crippen molar-refractivity contribution in [3.05, 3.63) is 34.9 Å². The third-order valence-corrected chi connectivity index (χ3v) is 3.42. The predicted molar refractivity (Wildman–Crippen MR) is 71.8 cm³/mol. The zero-order chi connectivity index (χ0) is 13.8. The molecule has 1 aromatic carbocycles. The highest BCUT2D eigenvalue weighted by molar-refractivity contribution is 5.88. The quantitative estimate of drug-likeness (QED) is 0.886. The number of methoxy groups -OCH3 is 2. The molecule has 1 N–H and O–H groups in total. The van der Waals surface area contributed by atoms with Crippen molar-refractivity contribution >= 4 is 5.97 Å². The number of benzene rings is 1. The number of carboxylic acid groups (broad SMARTS) is 1. The number of ether oxygens (including phenoxy) is 2. The molecule has 0 saturated carbocycles. The molecule has 0 radical (unpaired) electrons. The second-order valence-corrected chi connectivity index (χ2v) is 4.64. The minimum Gasteiger partial charge on any atom is -0.497 e. The molecule has 2 rings (SSSR count). The van der Waals surface area contributed by atoms with Gasteiger partial charge in [0.1, 0.15) is 11.5 Å². The second kappa shape index (κ2) is 5.78. The summed E-state index contributed by atoms with van der Waals surface area (Å²) in [6.45, 7) is 0. The molecule has 19 heavy (non-hydrogen) atoms. The molecular formula is C15H18O4. The van der Waals surface area contributed by atoms with Crippen LogP contribution in [-0.2, 0) is 11.2 Å². The van der Waals surface area contributed by atoms with Crippen LogP contribution in [0, 0.1) is 0 Å². The molecule has 0 spiro atoms. The summed E-state index contributed by atoms with van der Waals surface area (Å²) in [5.41, 5.74) is 2.61. The highest BCUT2D eigenvalue weighted by Crippen LogP contribution is 2.31. The average Bonchev–Trinajstić information content (AvgIpc) is 2.86. The summed E-state index contributed by atoms with van der Waals surface area (Å²) in [5.74, 6) is 0.664. The molecular weight excluding hydrogens is 244 g/mol. The van der Waals surface area contributed by atoms with Gasteiger partial charge < -0.3 is 14.6 Å². The number of allylic oxidation sites excluding steroid dienone is 1. The van der Waals surface area contributed by atoms with Gasteiger partial charge in [0.05, 0.1) is 14.2 Å². The SMILES string of the molecule is COc1cc(CC2=C(C(=O)O)CCC2)cc(OC)c1. The van der Waals surface area contributed by atoms with E-state index in [1.165, 1.54) is 0 Å². The third-order valence-electron chi connectivity index (χ3n) is 3.42. The fraction of sp³-hybridized carbons (Fsp3) is 0.400. The first-order valence-corrected chi connectivity index (χ1v) is 6.30. The lowest BCUT2D eigenvalue weighted by Crippen LogP contribution is -2.02. The Morgan fingerprint density at radius 3 is 2.32 bits per heavy atom. The van der Waals surface area contributed by atoms with Gasteiger partial charge in [-0.15, -0.1) is 0 Å². The van der Waals surface area contributed by atoms with E-state index < -0.39 is 5.97 Å². The molecule has 0 aliphatic heterocycles. The maximum atomic E-state index is 11.1. The monoisotopic (exact) mass is 262 g/mol. The van der Waals surface area contributed by atoms with Gasteiger partial charge in [-0.2, -0.15) is 0 Å². The molecule has 0 heterocycles. The van der Waals surface area contributed by atoms with E-state index in [1.807, 2.05) is 18.2 Å². The van der Waals surface area contributed by atoms with E-state index in [2.05, 4.69) is 0 Å². The van der Waals surface area contributed by atoms with Crippen LogP contribution < -0.4 is 9.47 Å². The molecule has 0 aromatic heterocycles. The first kappa shape index (κ1) is 13.5. The van der Waals surface area contributed by atoms with Gasteiger partial charge in [0, 0.05) is 11.6 Å². The van der Waals surface area contributed by atoms with Crippen molar-refractivity contribution in [2.24, 2.45) is 0 Å². The summed E-state index contributed by atoms with van der Waals surface area (Å²) in [4.78, 5) is 11.1. The van der Waals surface area contributed by atoms with Crippen molar-refractivity contribution in [3.63, 3.8) is 0 Å². The standard InChI is InChI=1S/C15H18O4/c1-18-12-7-10(8-13(9-12)19-2)6-11-4-3-5-14(11)15(16)17/h7-9H,3-6H2,1-2H3,(H,16,17). The molecule has 0 unspecified atom stereocenters. The maximum absolute atomic E-state index is 11.1. The lowest BCUT2D eigenvalue weighted by Gasteiger charge is -2.09. The minimum absolute atomic E-state index is 0.571. The molecule has 0 bridgehead atoms. The van der Waals surface area contributed by atoms with Crippen LogP contribution in [0.1, 0.15) is 24.8 Å². The van der Waals surface area contributed by atoms with Crippen LogP contribution in [-0.4, -0.2) is 25.3 Å². The summed E-state index contributed by atoms with van der Waals surface area (Å²) >= 11 is 0. The smallest absolute Gasteiger partial charge is 0.331 e. The van der Waals surface area contributed by atoms with Gasteiger partial charge in [-0.25, -0.2) is 4.79 Å². The van der Waals surface area contributed by atoms with Crippen molar-refractivity contribution < 1.29 is 19.4 Å². The van der Waals surface area contributed by atoms with Crippen LogP contribution in [0.15, 0.2) is 29.3 Å². The summed E-state index contributed by atoms with van der Waals surface area (Å²) < 4.78 is 10.4. The lowest BCUT2D eigenvalue weighted by atomic mass is 10.0. The molecule has 1 aliphatic carbocycles. The van der Waals surface area contributed by atoms with Gasteiger partial charge in [0.2, 0.25) is 0 Å². The Bertz CT molecular complexity index is 495. The molecule has 1 aliphatic rings. The summed E-state index contributed by atoms with van der Waals surface area (Å²) in [7, 11) is 3.21. The van der Waals surface area contributed by atoms with Crippen molar-refractivity contribution in [2.45, 2.75) is 25.7 Å². The first-order chi connectivity index (χ1) is 9.13. The van der Waals surface area contributed by atoms with Crippen LogP contribution in [0.4, 0.5) is 0 Å². The second-order valence-electron chi connectivity index (χ2n) is 4.64. The van der Waals surface area contributed by atoms with Gasteiger partial charge in [-0.05, 0) is 43.4 Å². The molecule has 102 valence electrons. The van der Waals surface area contributed by atoms with Gasteiger partial charge >= 0.3 is 5.97 Å². The van der Waals surface area contributed by atoms with Crippen LogP contribution in [0.3, 0.4) is 0 Å². The number of carboxylic acids is 1. The number of hydrogen-bond acceptors (Lipinski definition) is 3. The average molecular weight is 262 g/mol. The highest BCUT2D eigenvalue weighted by atomic mass is 16.5. The lowest BCUT2D eigenvalue weighted by molar-refractivity contribution is -0.132. The highest BCUT2D eigenvalue weighted by Gasteiger charge is 2.20. The number of rotatable bonds is 5. The van der Waals surface area contributed by atoms with Crippen LogP contribution >= 0.6 is 0 Å². The molecule has 0 amide bonds. The first-order valence-electron chi connectivity index (χ1n) is 6.30. The van der Waals surface area contributed by atoms with Crippen LogP contribution in [0.5, 0.6) is 11.5 Å². The summed E-state index contributed by atoms with van der Waals surface area (Å²) in [6, 6.07) is 5.66. The molecule has 0 saturated heterocycles. The van der Waals surface area contributed by atoms with Crippen molar-refractivity contribution in [1.82, 2.24) is 0 Å². The Balaban J connectivity index is 2.28. The number of carbonyl (C=O) groups is 1. The van der Waals surface area contributed by atoms with Gasteiger partial charge in [0.15, 0.2) is 0 Å². The van der Waals surface area contributed by atoms with E-state index in [4.69, 9.17) is 14.6 Å². The fourth-order valence-corrected chi connectivity index (χ4v) is 2.47. The van der Waals surface area contributed by atoms with Crippen LogP contribution in [0.25, 0.3) is 0 Å². The molecule has 0 atom stereocenters. The number of aliphatic carboxylic acids is 1. The van der Waals surface area contributed by atoms with Crippen molar-refractivity contribution in [2.75, 3.05) is 14.2 Å². The largest absolute Gasteiger partial charge is 0.497 e. The molecule has 1 aromatic rings. The Labute approximate surface area is 112 Å². The topological polar surface area (TPSA) is 55.8 Å². The van der Waals surface area contributed by atoms with E-state index in [0.29, 0.717) is 18.4 Å². The third kappa shape index (κ3) is 3.08. The fourth-order valence-electron chi connectivity index (χ4n) is 2.47. The van der Waals surface area contributed by atoms with Gasteiger partial charge in [-0.1, -0.05) is 5.57 Å². The Hall–Kier alpha value is -1.97.